The predicted molar refractivity (Wildman–Crippen MR) is 92.1 cm³/mol. The Bertz CT molecular complexity index is 478. The molecule has 0 unspecified atom stereocenters. The van der Waals surface area contributed by atoms with E-state index in [9.17, 15) is 4.79 Å². The monoisotopic (exact) mass is 306 g/mol. The van der Waals surface area contributed by atoms with Gasteiger partial charge in [0.1, 0.15) is 5.60 Å². The molecule has 4 nitrogen and oxygen atoms in total. The number of benzene rings is 1. The van der Waals surface area contributed by atoms with E-state index in [-0.39, 0.29) is 6.09 Å². The van der Waals surface area contributed by atoms with Crippen LogP contribution in [0.2, 0.25) is 0 Å². The summed E-state index contributed by atoms with van der Waals surface area (Å²) >= 11 is 0. The normalized spacial score (nSPS) is 11.4. The van der Waals surface area contributed by atoms with E-state index in [1.807, 2.05) is 39.8 Å². The number of anilines is 1. The van der Waals surface area contributed by atoms with E-state index in [4.69, 9.17) is 4.74 Å². The summed E-state index contributed by atoms with van der Waals surface area (Å²) in [7, 11) is 0. The summed E-state index contributed by atoms with van der Waals surface area (Å²) < 4.78 is 5.47. The average molecular weight is 306 g/mol. The minimum absolute atomic E-state index is 0.270. The van der Waals surface area contributed by atoms with Crippen molar-refractivity contribution in [3.8, 4) is 0 Å². The second-order valence-electron chi connectivity index (χ2n) is 6.93. The molecule has 0 aromatic heterocycles. The third-order valence-corrected chi connectivity index (χ3v) is 3.11. The van der Waals surface area contributed by atoms with Crippen molar-refractivity contribution < 1.29 is 9.53 Å². The zero-order valence-corrected chi connectivity index (χ0v) is 14.8. The molecule has 0 saturated heterocycles. The van der Waals surface area contributed by atoms with E-state index in [0.717, 1.165) is 17.8 Å². The molecule has 0 spiro atoms. The summed E-state index contributed by atoms with van der Waals surface area (Å²) in [6.45, 7) is 14.1. The summed E-state index contributed by atoms with van der Waals surface area (Å²) in [5.41, 5.74) is 1.72. The highest BCUT2D eigenvalue weighted by atomic mass is 16.6. The number of carbonyl (C=O) groups is 1. The number of nitrogens with one attached hydrogen (secondary N) is 1. The van der Waals surface area contributed by atoms with Crippen molar-refractivity contribution in [3.63, 3.8) is 0 Å². The first-order chi connectivity index (χ1) is 10.2. The molecule has 1 rings (SSSR count). The first kappa shape index (κ1) is 18.3. The Hall–Kier alpha value is -1.71. The van der Waals surface area contributed by atoms with Gasteiger partial charge in [0.05, 0.1) is 6.54 Å². The van der Waals surface area contributed by atoms with Gasteiger partial charge in [-0.1, -0.05) is 32.0 Å². The predicted octanol–water partition coefficient (Wildman–Crippen LogP) is 4.51. The van der Waals surface area contributed by atoms with Crippen LogP contribution in [0.5, 0.6) is 0 Å². The lowest BCUT2D eigenvalue weighted by Crippen LogP contribution is -2.36. The number of amides is 1. The zero-order valence-electron chi connectivity index (χ0n) is 14.8. The molecule has 0 fully saturated rings. The second kappa shape index (κ2) is 8.06. The van der Waals surface area contributed by atoms with E-state index >= 15 is 0 Å². The number of nitrogens with zero attached hydrogens (tertiary/aromatic N) is 1. The molecule has 0 saturated carbocycles. The van der Waals surface area contributed by atoms with Crippen LogP contribution in [0.15, 0.2) is 24.3 Å². The van der Waals surface area contributed by atoms with Crippen LogP contribution in [-0.4, -0.2) is 29.7 Å². The molecule has 1 N–H and O–H groups in total. The van der Waals surface area contributed by atoms with Crippen LogP contribution in [-0.2, 0) is 11.3 Å². The molecular weight excluding hydrogens is 276 g/mol. The van der Waals surface area contributed by atoms with Gasteiger partial charge in [0.25, 0.3) is 0 Å². The van der Waals surface area contributed by atoms with E-state index in [1.54, 1.807) is 4.90 Å². The molecule has 0 atom stereocenters. The quantitative estimate of drug-likeness (QED) is 0.840. The smallest absolute Gasteiger partial charge is 0.410 e. The molecule has 0 heterocycles. The number of hydrogen-bond acceptors (Lipinski definition) is 3. The maximum atomic E-state index is 12.3. The first-order valence-corrected chi connectivity index (χ1v) is 8.02. The van der Waals surface area contributed by atoms with Gasteiger partial charge in [-0.15, -0.1) is 0 Å². The molecule has 1 aromatic rings. The molecule has 0 aliphatic carbocycles. The van der Waals surface area contributed by atoms with Gasteiger partial charge in [-0.3, -0.25) is 0 Å². The largest absolute Gasteiger partial charge is 0.444 e. The Balaban J connectivity index is 2.80. The third-order valence-electron chi connectivity index (χ3n) is 3.11. The first-order valence-electron chi connectivity index (χ1n) is 8.02. The van der Waals surface area contributed by atoms with Crippen LogP contribution in [0.4, 0.5) is 10.5 Å². The van der Waals surface area contributed by atoms with Crippen molar-refractivity contribution >= 4 is 11.8 Å². The fourth-order valence-electron chi connectivity index (χ4n) is 1.98. The lowest BCUT2D eigenvalue weighted by Gasteiger charge is -2.27. The molecule has 22 heavy (non-hydrogen) atoms. The standard InChI is InChI=1S/C18H30N2O2/c1-7-20(17(21)22-18(4,5)6)13-15-10-8-9-11-16(15)19-12-14(2)3/h8-11,14,19H,7,12-13H2,1-6H3. The fraction of sp³-hybridized carbons (Fsp3) is 0.611. The highest BCUT2D eigenvalue weighted by Gasteiger charge is 2.21. The number of ether oxygens (including phenoxy) is 1. The fourth-order valence-corrected chi connectivity index (χ4v) is 1.98. The molecule has 124 valence electrons. The lowest BCUT2D eigenvalue weighted by molar-refractivity contribution is 0.0245. The molecule has 4 heteroatoms. The topological polar surface area (TPSA) is 41.6 Å². The third kappa shape index (κ3) is 6.37. The van der Waals surface area contributed by atoms with E-state index in [0.29, 0.717) is 19.0 Å². The van der Waals surface area contributed by atoms with Gasteiger partial charge in [-0.2, -0.15) is 0 Å². The summed E-state index contributed by atoms with van der Waals surface area (Å²) in [5.74, 6) is 0.571. The highest BCUT2D eigenvalue weighted by Crippen LogP contribution is 2.19. The zero-order chi connectivity index (χ0) is 16.8. The minimum atomic E-state index is -0.472. The van der Waals surface area contributed by atoms with Crippen molar-refractivity contribution in [3.05, 3.63) is 29.8 Å². The van der Waals surface area contributed by atoms with E-state index in [2.05, 4.69) is 31.3 Å². The van der Waals surface area contributed by atoms with Crippen LogP contribution in [0.3, 0.4) is 0 Å². The minimum Gasteiger partial charge on any atom is -0.444 e. The molecule has 0 aliphatic heterocycles. The Kier molecular flexibility index (Phi) is 6.72. The molecule has 0 bridgehead atoms. The molecule has 0 radical (unpaired) electrons. The maximum absolute atomic E-state index is 12.3. The van der Waals surface area contributed by atoms with E-state index < -0.39 is 5.60 Å². The SMILES string of the molecule is CCN(Cc1ccccc1NCC(C)C)C(=O)OC(C)(C)C. The van der Waals surface area contributed by atoms with Gasteiger partial charge in [0.2, 0.25) is 0 Å². The van der Waals surface area contributed by atoms with Crippen LogP contribution in [0, 0.1) is 5.92 Å². The van der Waals surface area contributed by atoms with Crippen molar-refractivity contribution in [1.29, 1.82) is 0 Å². The second-order valence-corrected chi connectivity index (χ2v) is 6.93. The number of hydrogen-bond donors (Lipinski definition) is 1. The van der Waals surface area contributed by atoms with Crippen LogP contribution in [0.25, 0.3) is 0 Å². The summed E-state index contributed by atoms with van der Waals surface area (Å²) in [6, 6.07) is 8.12. The van der Waals surface area contributed by atoms with Gasteiger partial charge >= 0.3 is 6.09 Å². The van der Waals surface area contributed by atoms with E-state index in [1.165, 1.54) is 0 Å². The van der Waals surface area contributed by atoms with Gasteiger partial charge < -0.3 is 15.0 Å². The van der Waals surface area contributed by atoms with Gasteiger partial charge in [-0.05, 0) is 45.2 Å². The van der Waals surface area contributed by atoms with Crippen LogP contribution < -0.4 is 5.32 Å². The molecule has 1 aromatic carbocycles. The van der Waals surface area contributed by atoms with Crippen molar-refractivity contribution in [2.45, 2.75) is 53.7 Å². The maximum Gasteiger partial charge on any atom is 0.410 e. The Morgan fingerprint density at radius 3 is 2.45 bits per heavy atom. The Labute approximate surface area is 134 Å². The lowest BCUT2D eigenvalue weighted by atomic mass is 10.1. The van der Waals surface area contributed by atoms with Crippen molar-refractivity contribution in [2.75, 3.05) is 18.4 Å². The van der Waals surface area contributed by atoms with Crippen LogP contribution in [0.1, 0.15) is 47.1 Å². The molecular formula is C18H30N2O2. The molecule has 0 aliphatic rings. The van der Waals surface area contributed by atoms with Gasteiger partial charge in [-0.25, -0.2) is 4.79 Å². The van der Waals surface area contributed by atoms with Crippen molar-refractivity contribution in [2.24, 2.45) is 5.92 Å². The van der Waals surface area contributed by atoms with Crippen LogP contribution >= 0.6 is 0 Å². The Morgan fingerprint density at radius 2 is 1.91 bits per heavy atom. The van der Waals surface area contributed by atoms with Crippen molar-refractivity contribution in [1.82, 2.24) is 4.90 Å². The molecule has 1 amide bonds. The Morgan fingerprint density at radius 1 is 1.27 bits per heavy atom. The average Bonchev–Trinajstić information content (AvgIpc) is 2.41. The van der Waals surface area contributed by atoms with Gasteiger partial charge in [0.15, 0.2) is 0 Å². The number of para-hydroxylation sites is 1. The number of carbonyl (C=O) groups excluding carboxylic acids is 1. The van der Waals surface area contributed by atoms with Gasteiger partial charge in [0, 0.05) is 18.8 Å². The summed E-state index contributed by atoms with van der Waals surface area (Å²) in [6.07, 6.45) is -0.270. The number of rotatable bonds is 6. The highest BCUT2D eigenvalue weighted by molar-refractivity contribution is 5.68. The summed E-state index contributed by atoms with van der Waals surface area (Å²) in [5, 5.41) is 3.45. The summed E-state index contributed by atoms with van der Waals surface area (Å²) in [4.78, 5) is 14.0.